The van der Waals surface area contributed by atoms with Crippen LogP contribution in [0.3, 0.4) is 0 Å². The predicted molar refractivity (Wildman–Crippen MR) is 81.4 cm³/mol. The van der Waals surface area contributed by atoms with Crippen molar-refractivity contribution in [2.24, 2.45) is 0 Å². The number of likely N-dealkylation sites (tertiary alicyclic amines) is 1. The third-order valence-corrected chi connectivity index (χ3v) is 3.82. The molecule has 1 atom stereocenters. The maximum atomic E-state index is 11.7. The maximum Gasteiger partial charge on any atom is 0.234 e. The summed E-state index contributed by atoms with van der Waals surface area (Å²) >= 11 is 0. The van der Waals surface area contributed by atoms with Gasteiger partial charge in [0, 0.05) is 19.1 Å². The van der Waals surface area contributed by atoms with Gasteiger partial charge in [-0.05, 0) is 38.4 Å². The molecule has 4 heteroatoms. The summed E-state index contributed by atoms with van der Waals surface area (Å²) in [6.07, 6.45) is 2.61. The van der Waals surface area contributed by atoms with Crippen LogP contribution in [0.15, 0.2) is 30.3 Å². The standard InChI is InChI=1S/C16H25N3O/c1-14(19-9-5-6-10-19)11-17-13-16(20)18-12-15-7-3-2-4-8-15/h2-4,7-8,14,17H,5-6,9-13H2,1H3,(H,18,20). The van der Waals surface area contributed by atoms with Crippen molar-refractivity contribution in [3.8, 4) is 0 Å². The third-order valence-electron chi connectivity index (χ3n) is 3.82. The van der Waals surface area contributed by atoms with Crippen molar-refractivity contribution in [1.82, 2.24) is 15.5 Å². The topological polar surface area (TPSA) is 44.4 Å². The average Bonchev–Trinajstić information content (AvgIpc) is 3.00. The lowest BCUT2D eigenvalue weighted by Crippen LogP contribution is -2.42. The Balaban J connectivity index is 1.58. The van der Waals surface area contributed by atoms with Gasteiger partial charge in [0.2, 0.25) is 5.91 Å². The van der Waals surface area contributed by atoms with Crippen LogP contribution in [0.5, 0.6) is 0 Å². The van der Waals surface area contributed by atoms with Gasteiger partial charge in [-0.25, -0.2) is 0 Å². The van der Waals surface area contributed by atoms with E-state index in [4.69, 9.17) is 0 Å². The number of benzene rings is 1. The van der Waals surface area contributed by atoms with E-state index in [2.05, 4.69) is 22.5 Å². The number of rotatable bonds is 7. The monoisotopic (exact) mass is 275 g/mol. The lowest BCUT2D eigenvalue weighted by Gasteiger charge is -2.23. The summed E-state index contributed by atoms with van der Waals surface area (Å²) in [6, 6.07) is 10.5. The fourth-order valence-electron chi connectivity index (χ4n) is 2.57. The zero-order valence-electron chi connectivity index (χ0n) is 12.3. The van der Waals surface area contributed by atoms with E-state index < -0.39 is 0 Å². The first-order chi connectivity index (χ1) is 9.75. The zero-order chi connectivity index (χ0) is 14.2. The minimum Gasteiger partial charge on any atom is -0.351 e. The number of nitrogens with zero attached hydrogens (tertiary/aromatic N) is 1. The van der Waals surface area contributed by atoms with E-state index in [0.29, 0.717) is 19.1 Å². The molecule has 1 aromatic rings. The van der Waals surface area contributed by atoms with Crippen LogP contribution in [0.2, 0.25) is 0 Å². The minimum atomic E-state index is 0.0578. The third kappa shape index (κ3) is 4.94. The maximum absolute atomic E-state index is 11.7. The van der Waals surface area contributed by atoms with Gasteiger partial charge >= 0.3 is 0 Å². The quantitative estimate of drug-likeness (QED) is 0.790. The van der Waals surface area contributed by atoms with Crippen LogP contribution in [-0.4, -0.2) is 43.0 Å². The molecule has 1 aromatic carbocycles. The van der Waals surface area contributed by atoms with Gasteiger partial charge < -0.3 is 10.6 Å². The molecule has 1 amide bonds. The smallest absolute Gasteiger partial charge is 0.234 e. The van der Waals surface area contributed by atoms with Gasteiger partial charge in [0.25, 0.3) is 0 Å². The Morgan fingerprint density at radius 3 is 2.65 bits per heavy atom. The number of amides is 1. The van der Waals surface area contributed by atoms with Gasteiger partial charge in [-0.1, -0.05) is 30.3 Å². The first kappa shape index (κ1) is 15.0. The highest BCUT2D eigenvalue weighted by atomic mass is 16.1. The van der Waals surface area contributed by atoms with Crippen LogP contribution in [0, 0.1) is 0 Å². The fraction of sp³-hybridized carbons (Fsp3) is 0.562. The van der Waals surface area contributed by atoms with Crippen LogP contribution in [0.1, 0.15) is 25.3 Å². The largest absolute Gasteiger partial charge is 0.351 e. The Labute approximate surface area is 121 Å². The van der Waals surface area contributed by atoms with E-state index in [1.807, 2.05) is 30.3 Å². The van der Waals surface area contributed by atoms with Gasteiger partial charge in [0.15, 0.2) is 0 Å². The van der Waals surface area contributed by atoms with Crippen LogP contribution < -0.4 is 10.6 Å². The molecule has 20 heavy (non-hydrogen) atoms. The Morgan fingerprint density at radius 1 is 1.25 bits per heavy atom. The molecule has 2 N–H and O–H groups in total. The Hall–Kier alpha value is -1.39. The average molecular weight is 275 g/mol. The lowest BCUT2D eigenvalue weighted by molar-refractivity contribution is -0.120. The highest BCUT2D eigenvalue weighted by Crippen LogP contribution is 2.10. The van der Waals surface area contributed by atoms with Gasteiger partial charge in [-0.15, -0.1) is 0 Å². The molecule has 0 aromatic heterocycles. The molecule has 4 nitrogen and oxygen atoms in total. The number of hydrogen-bond donors (Lipinski definition) is 2. The van der Waals surface area contributed by atoms with Crippen molar-refractivity contribution in [1.29, 1.82) is 0 Å². The van der Waals surface area contributed by atoms with Crippen molar-refractivity contribution < 1.29 is 4.79 Å². The highest BCUT2D eigenvalue weighted by molar-refractivity contribution is 5.77. The van der Waals surface area contributed by atoms with Crippen molar-refractivity contribution in [2.45, 2.75) is 32.4 Å². The summed E-state index contributed by atoms with van der Waals surface area (Å²) in [4.78, 5) is 14.2. The van der Waals surface area contributed by atoms with Crippen molar-refractivity contribution in [3.63, 3.8) is 0 Å². The summed E-state index contributed by atoms with van der Waals surface area (Å²) in [5.41, 5.74) is 1.13. The van der Waals surface area contributed by atoms with E-state index in [-0.39, 0.29) is 5.91 Å². The number of carbonyl (C=O) groups excluding carboxylic acids is 1. The Kier molecular flexibility index (Phi) is 6.02. The molecule has 1 aliphatic heterocycles. The number of hydrogen-bond acceptors (Lipinski definition) is 3. The van der Waals surface area contributed by atoms with Gasteiger partial charge in [0.05, 0.1) is 6.54 Å². The summed E-state index contributed by atoms with van der Waals surface area (Å²) in [5, 5.41) is 6.17. The van der Waals surface area contributed by atoms with Gasteiger partial charge in [-0.3, -0.25) is 9.69 Å². The second-order valence-electron chi connectivity index (χ2n) is 5.49. The molecule has 0 saturated carbocycles. The summed E-state index contributed by atoms with van der Waals surface area (Å²) < 4.78 is 0. The minimum absolute atomic E-state index is 0.0578. The second kappa shape index (κ2) is 8.02. The number of nitrogens with one attached hydrogen (secondary N) is 2. The molecule has 110 valence electrons. The fourth-order valence-corrected chi connectivity index (χ4v) is 2.57. The first-order valence-electron chi connectivity index (χ1n) is 7.51. The molecule has 1 saturated heterocycles. The van der Waals surface area contributed by atoms with E-state index >= 15 is 0 Å². The highest BCUT2D eigenvalue weighted by Gasteiger charge is 2.17. The molecule has 2 rings (SSSR count). The van der Waals surface area contributed by atoms with Crippen molar-refractivity contribution in [2.75, 3.05) is 26.2 Å². The Morgan fingerprint density at radius 2 is 1.95 bits per heavy atom. The lowest BCUT2D eigenvalue weighted by atomic mass is 10.2. The zero-order valence-corrected chi connectivity index (χ0v) is 12.3. The van der Waals surface area contributed by atoms with Crippen LogP contribution in [-0.2, 0) is 11.3 Å². The molecular formula is C16H25N3O. The Bertz CT molecular complexity index is 401. The van der Waals surface area contributed by atoms with E-state index in [1.54, 1.807) is 0 Å². The second-order valence-corrected chi connectivity index (χ2v) is 5.49. The molecule has 0 aliphatic carbocycles. The van der Waals surface area contributed by atoms with Crippen molar-refractivity contribution in [3.05, 3.63) is 35.9 Å². The van der Waals surface area contributed by atoms with Crippen LogP contribution in [0.4, 0.5) is 0 Å². The van der Waals surface area contributed by atoms with E-state index in [1.165, 1.54) is 25.9 Å². The molecule has 0 spiro atoms. The first-order valence-corrected chi connectivity index (χ1v) is 7.51. The van der Waals surface area contributed by atoms with E-state index in [9.17, 15) is 4.79 Å². The predicted octanol–water partition coefficient (Wildman–Crippen LogP) is 1.38. The molecular weight excluding hydrogens is 250 g/mol. The van der Waals surface area contributed by atoms with Gasteiger partial charge in [-0.2, -0.15) is 0 Å². The van der Waals surface area contributed by atoms with Crippen LogP contribution in [0.25, 0.3) is 0 Å². The molecule has 1 heterocycles. The summed E-state index contributed by atoms with van der Waals surface area (Å²) in [5.74, 6) is 0.0578. The summed E-state index contributed by atoms with van der Waals surface area (Å²) in [6.45, 7) is 6.49. The molecule has 0 bridgehead atoms. The normalized spacial score (nSPS) is 17.1. The molecule has 1 unspecified atom stereocenters. The molecule has 1 aliphatic rings. The van der Waals surface area contributed by atoms with Gasteiger partial charge in [0.1, 0.15) is 0 Å². The van der Waals surface area contributed by atoms with Crippen LogP contribution >= 0.6 is 0 Å². The summed E-state index contributed by atoms with van der Waals surface area (Å²) in [7, 11) is 0. The SMILES string of the molecule is CC(CNCC(=O)NCc1ccccc1)N1CCCC1. The molecule has 0 radical (unpaired) electrons. The molecule has 1 fully saturated rings. The van der Waals surface area contributed by atoms with Crippen molar-refractivity contribution >= 4 is 5.91 Å². The number of carbonyl (C=O) groups is 1. The van der Waals surface area contributed by atoms with E-state index in [0.717, 1.165) is 12.1 Å².